The van der Waals surface area contributed by atoms with Crippen LogP contribution in [0.25, 0.3) is 0 Å². The second-order valence-corrected chi connectivity index (χ2v) is 2.59. The summed E-state index contributed by atoms with van der Waals surface area (Å²) in [7, 11) is 0. The second kappa shape index (κ2) is 17.9. The van der Waals surface area contributed by atoms with Gasteiger partial charge in [-0.15, -0.1) is 12.2 Å². The zero-order chi connectivity index (χ0) is 10.7. The van der Waals surface area contributed by atoms with Crippen LogP contribution in [0.3, 0.4) is 0 Å². The summed E-state index contributed by atoms with van der Waals surface area (Å²) in [4.78, 5) is 8.89. The van der Waals surface area contributed by atoms with E-state index in [-0.39, 0.29) is 17.4 Å². The van der Waals surface area contributed by atoms with Gasteiger partial charge in [-0.2, -0.15) is 0 Å². The first-order valence-corrected chi connectivity index (χ1v) is 3.69. The zero-order valence-electron chi connectivity index (χ0n) is 8.87. The summed E-state index contributed by atoms with van der Waals surface area (Å²) in [6, 6.07) is 0. The summed E-state index contributed by atoms with van der Waals surface area (Å²) in [6.07, 6.45) is -0.833. The first kappa shape index (κ1) is 23.1. The van der Waals surface area contributed by atoms with Gasteiger partial charge in [0.15, 0.2) is 0 Å². The molecule has 4 nitrogen and oxygen atoms in total. The third-order valence-electron chi connectivity index (χ3n) is 0. The molecule has 0 rings (SSSR count). The Bertz CT molecular complexity index is 78.6. The van der Waals surface area contributed by atoms with Crippen molar-refractivity contribution in [2.24, 2.45) is 0 Å². The Hall–Kier alpha value is -0.0775. The van der Waals surface area contributed by atoms with Crippen LogP contribution in [-0.2, 0) is 4.79 Å². The van der Waals surface area contributed by atoms with Gasteiger partial charge in [-0.05, 0) is 6.92 Å². The Morgan fingerprint density at radius 2 is 1.00 bits per heavy atom. The Labute approximate surface area is 90.7 Å². The van der Waals surface area contributed by atoms with E-state index in [4.69, 9.17) is 9.90 Å². The van der Waals surface area contributed by atoms with E-state index in [1.807, 2.05) is 0 Å². The Morgan fingerprint density at radius 3 is 1.00 bits per heavy atom. The van der Waals surface area contributed by atoms with Crippen LogP contribution in [0.15, 0.2) is 0 Å². The molecule has 0 heterocycles. The maximum Gasteiger partial charge on any atom is 3.00 e. The molecule has 0 unspecified atom stereocenters. The van der Waals surface area contributed by atoms with Crippen LogP contribution in [0.4, 0.5) is 0 Å². The average Bonchev–Trinajstić information content (AvgIpc) is 1.54. The molecule has 0 bridgehead atoms. The summed E-state index contributed by atoms with van der Waals surface area (Å²) in [5.74, 6) is -1.08. The molecule has 13 heavy (non-hydrogen) atoms. The predicted octanol–water partition coefficient (Wildman–Crippen LogP) is -2.11. The van der Waals surface area contributed by atoms with Gasteiger partial charge in [-0.3, -0.25) is 0 Å². The van der Waals surface area contributed by atoms with Crippen molar-refractivity contribution >= 4 is 23.3 Å². The fraction of sp³-hybridized carbons (Fsp3) is 0.875. The van der Waals surface area contributed by atoms with Crippen LogP contribution < -0.4 is 15.3 Å². The van der Waals surface area contributed by atoms with Gasteiger partial charge < -0.3 is 20.1 Å². The average molecular weight is 204 g/mol. The topological polar surface area (TPSA) is 86.2 Å². The monoisotopic (exact) mass is 204 g/mol. The second-order valence-electron chi connectivity index (χ2n) is 2.59. The summed E-state index contributed by atoms with van der Waals surface area (Å²) in [6.45, 7) is 7.42. The van der Waals surface area contributed by atoms with E-state index >= 15 is 0 Å². The summed E-state index contributed by atoms with van der Waals surface area (Å²) in [5, 5.41) is 27.9. The smallest absolute Gasteiger partial charge is 0.852 e. The quantitative estimate of drug-likeness (QED) is 0.422. The van der Waals surface area contributed by atoms with E-state index in [0.29, 0.717) is 0 Å². The summed E-state index contributed by atoms with van der Waals surface area (Å²) >= 11 is 0. The van der Waals surface area contributed by atoms with E-state index in [1.165, 1.54) is 0 Å². The van der Waals surface area contributed by atoms with E-state index in [9.17, 15) is 10.2 Å². The minimum absolute atomic E-state index is 0. The third-order valence-corrected chi connectivity index (χ3v) is 0. The normalized spacial score (nSPS) is 7.46. The molecule has 0 spiro atoms. The number of carbonyl (C=O) groups excluding carboxylic acids is 1. The van der Waals surface area contributed by atoms with Crippen molar-refractivity contribution in [3.05, 3.63) is 0 Å². The van der Waals surface area contributed by atoms with Crippen molar-refractivity contribution in [3.8, 4) is 0 Å². The van der Waals surface area contributed by atoms with Gasteiger partial charge in [-0.25, -0.2) is 0 Å². The third kappa shape index (κ3) is 195000. The van der Waals surface area contributed by atoms with Crippen molar-refractivity contribution in [3.63, 3.8) is 0 Å². The molecule has 0 radical (unpaired) electrons. The van der Waals surface area contributed by atoms with E-state index in [0.717, 1.165) is 6.92 Å². The minimum atomic E-state index is -1.08. The van der Waals surface area contributed by atoms with Crippen molar-refractivity contribution in [1.82, 2.24) is 0 Å². The zero-order valence-corrected chi connectivity index (χ0v) is 10.0. The molecule has 0 aromatic rings. The first-order valence-electron chi connectivity index (χ1n) is 3.69. The van der Waals surface area contributed by atoms with Crippen molar-refractivity contribution in [2.45, 2.75) is 46.8 Å². The number of carbonyl (C=O) groups is 1. The summed E-state index contributed by atoms with van der Waals surface area (Å²) in [5.41, 5.74) is 0. The van der Waals surface area contributed by atoms with Crippen molar-refractivity contribution in [1.29, 1.82) is 0 Å². The van der Waals surface area contributed by atoms with Gasteiger partial charge >= 0.3 is 17.4 Å². The molecule has 0 aliphatic heterocycles. The number of carboxylic acids is 1. The largest absolute Gasteiger partial charge is 3.00 e. The van der Waals surface area contributed by atoms with Crippen LogP contribution in [0.1, 0.15) is 34.6 Å². The molecule has 0 aliphatic carbocycles. The van der Waals surface area contributed by atoms with Gasteiger partial charge in [0.25, 0.3) is 0 Å². The molecule has 0 N–H and O–H groups in total. The Kier molecular flexibility index (Phi) is 31.7. The molecular formula is C8H17AlO4. The number of rotatable bonds is 0. The molecule has 76 valence electrons. The van der Waals surface area contributed by atoms with Crippen LogP contribution in [0.5, 0.6) is 0 Å². The standard InChI is InChI=1S/2C3H7O.C2H4O2.Al/c2*1-3(2)4;1-2(3)4;/h2*3H,1-2H3;1H3,(H,3,4);/q2*-1;;+3/p-1. The fourth-order valence-corrected chi connectivity index (χ4v) is 0. The maximum absolute atomic E-state index is 9.53. The Morgan fingerprint density at radius 1 is 1.00 bits per heavy atom. The molecule has 5 heteroatoms. The molecule has 0 saturated heterocycles. The van der Waals surface area contributed by atoms with E-state index in [2.05, 4.69) is 0 Å². The van der Waals surface area contributed by atoms with Gasteiger partial charge in [0, 0.05) is 5.97 Å². The van der Waals surface area contributed by atoms with Crippen LogP contribution in [0, 0.1) is 0 Å². The number of aliphatic carboxylic acids is 1. The number of hydrogen-bond donors (Lipinski definition) is 0. The van der Waals surface area contributed by atoms with E-state index < -0.39 is 18.2 Å². The molecule has 0 fully saturated rings. The molecule has 0 atom stereocenters. The summed E-state index contributed by atoms with van der Waals surface area (Å²) < 4.78 is 0. The molecule has 0 aliphatic rings. The fourth-order valence-electron chi connectivity index (χ4n) is 0. The van der Waals surface area contributed by atoms with E-state index in [1.54, 1.807) is 27.7 Å². The molecule has 0 aromatic carbocycles. The molecule has 0 amide bonds. The number of hydrogen-bond acceptors (Lipinski definition) is 4. The van der Waals surface area contributed by atoms with Crippen LogP contribution >= 0.6 is 0 Å². The first-order chi connectivity index (χ1) is 5.20. The SMILES string of the molecule is CC(=O)[O-].CC(C)[O-].CC(C)[O-].[Al+3]. The van der Waals surface area contributed by atoms with Crippen molar-refractivity contribution in [2.75, 3.05) is 0 Å². The van der Waals surface area contributed by atoms with Crippen LogP contribution in [0.2, 0.25) is 0 Å². The predicted molar refractivity (Wildman–Crippen MR) is 46.7 cm³/mol. The van der Waals surface area contributed by atoms with Crippen molar-refractivity contribution < 1.29 is 20.1 Å². The van der Waals surface area contributed by atoms with Gasteiger partial charge in [-0.1, -0.05) is 27.7 Å². The van der Waals surface area contributed by atoms with Gasteiger partial charge in [0.1, 0.15) is 0 Å². The molecule has 0 aromatic heterocycles. The Balaban J connectivity index is -0.0000000450. The van der Waals surface area contributed by atoms with Crippen LogP contribution in [-0.4, -0.2) is 35.5 Å². The molecular weight excluding hydrogens is 187 g/mol. The van der Waals surface area contributed by atoms with Gasteiger partial charge in [0.05, 0.1) is 0 Å². The number of carboxylic acid groups (broad SMARTS) is 1. The van der Waals surface area contributed by atoms with Gasteiger partial charge in [0.2, 0.25) is 0 Å². The minimum Gasteiger partial charge on any atom is -0.852 e. The maximum atomic E-state index is 9.53. The molecule has 0 saturated carbocycles.